The van der Waals surface area contributed by atoms with Gasteiger partial charge in [0.15, 0.2) is 10.8 Å². The van der Waals surface area contributed by atoms with E-state index in [1.807, 2.05) is 44.4 Å². The molecule has 0 atom stereocenters. The maximum atomic E-state index is 12.3. The van der Waals surface area contributed by atoms with E-state index in [1.54, 1.807) is 4.68 Å². The molecule has 1 aromatic carbocycles. The number of fused-ring (bicyclic) bond motifs is 1. The van der Waals surface area contributed by atoms with E-state index in [-0.39, 0.29) is 5.78 Å². The molecule has 3 rings (SSSR count). The number of aromatic nitrogens is 3. The standard InChI is InChI=1S/C14H13N3OS/c1-9-10(8-17(2)16-9)7-12(18)14-15-11-5-3-4-6-13(11)19-14/h3-6,8H,7H2,1-2H3. The number of benzene rings is 1. The Hall–Kier alpha value is -2.01. The van der Waals surface area contributed by atoms with Gasteiger partial charge in [-0.1, -0.05) is 12.1 Å². The van der Waals surface area contributed by atoms with E-state index >= 15 is 0 Å². The predicted molar refractivity (Wildman–Crippen MR) is 75.6 cm³/mol. The van der Waals surface area contributed by atoms with Crippen molar-refractivity contribution in [2.45, 2.75) is 13.3 Å². The van der Waals surface area contributed by atoms with Gasteiger partial charge >= 0.3 is 0 Å². The van der Waals surface area contributed by atoms with Gasteiger partial charge in [-0.05, 0) is 19.1 Å². The van der Waals surface area contributed by atoms with Crippen LogP contribution in [0.15, 0.2) is 30.5 Å². The van der Waals surface area contributed by atoms with Gasteiger partial charge < -0.3 is 0 Å². The molecule has 0 aliphatic carbocycles. The second kappa shape index (κ2) is 4.59. The van der Waals surface area contributed by atoms with Gasteiger partial charge in [0.25, 0.3) is 0 Å². The zero-order valence-electron chi connectivity index (χ0n) is 10.8. The first kappa shape index (κ1) is 12.0. The Morgan fingerprint density at radius 2 is 2.16 bits per heavy atom. The molecule has 0 fully saturated rings. The van der Waals surface area contributed by atoms with Crippen molar-refractivity contribution in [2.75, 3.05) is 0 Å². The molecule has 0 N–H and O–H groups in total. The summed E-state index contributed by atoms with van der Waals surface area (Å²) in [5.74, 6) is 0.0531. The molecule has 0 unspecified atom stereocenters. The number of ketones is 1. The van der Waals surface area contributed by atoms with Crippen LogP contribution in [0, 0.1) is 6.92 Å². The second-order valence-electron chi connectivity index (χ2n) is 4.50. The molecule has 0 bridgehead atoms. The maximum Gasteiger partial charge on any atom is 0.195 e. The molecule has 19 heavy (non-hydrogen) atoms. The van der Waals surface area contributed by atoms with Crippen molar-refractivity contribution >= 4 is 27.3 Å². The van der Waals surface area contributed by atoms with Crippen molar-refractivity contribution in [3.8, 4) is 0 Å². The highest BCUT2D eigenvalue weighted by molar-refractivity contribution is 7.20. The molecule has 0 amide bonds. The van der Waals surface area contributed by atoms with E-state index in [9.17, 15) is 4.79 Å². The Kier molecular flexibility index (Phi) is 2.91. The Bertz CT molecular complexity index is 724. The third kappa shape index (κ3) is 2.29. The maximum absolute atomic E-state index is 12.3. The summed E-state index contributed by atoms with van der Waals surface area (Å²) in [6, 6.07) is 7.80. The molecule has 0 aliphatic heterocycles. The summed E-state index contributed by atoms with van der Waals surface area (Å²) >= 11 is 1.45. The smallest absolute Gasteiger partial charge is 0.195 e. The van der Waals surface area contributed by atoms with E-state index in [1.165, 1.54) is 11.3 Å². The van der Waals surface area contributed by atoms with Crippen LogP contribution in [-0.4, -0.2) is 20.5 Å². The van der Waals surface area contributed by atoms with Crippen molar-refractivity contribution in [3.05, 3.63) is 46.7 Å². The summed E-state index contributed by atoms with van der Waals surface area (Å²) in [5, 5.41) is 4.82. The molecule has 0 saturated carbocycles. The van der Waals surface area contributed by atoms with E-state index in [2.05, 4.69) is 10.1 Å². The first-order valence-electron chi connectivity index (χ1n) is 6.01. The molecular formula is C14H13N3OS. The molecule has 5 heteroatoms. The van der Waals surface area contributed by atoms with Crippen molar-refractivity contribution in [2.24, 2.45) is 7.05 Å². The topological polar surface area (TPSA) is 47.8 Å². The minimum absolute atomic E-state index is 0.0531. The largest absolute Gasteiger partial charge is 0.291 e. The fourth-order valence-corrected chi connectivity index (χ4v) is 2.97. The molecule has 3 aromatic rings. The predicted octanol–water partition coefficient (Wildman–Crippen LogP) is 2.76. The molecule has 0 radical (unpaired) electrons. The third-order valence-electron chi connectivity index (χ3n) is 3.00. The van der Waals surface area contributed by atoms with E-state index in [0.717, 1.165) is 21.5 Å². The molecule has 0 spiro atoms. The zero-order chi connectivity index (χ0) is 13.4. The Labute approximate surface area is 114 Å². The van der Waals surface area contributed by atoms with Crippen molar-refractivity contribution in [1.82, 2.24) is 14.8 Å². The number of hydrogen-bond acceptors (Lipinski definition) is 4. The van der Waals surface area contributed by atoms with Gasteiger partial charge in [0, 0.05) is 25.2 Å². The number of thiazole rings is 1. The first-order valence-corrected chi connectivity index (χ1v) is 6.83. The van der Waals surface area contributed by atoms with Crippen LogP contribution in [-0.2, 0) is 13.5 Å². The van der Waals surface area contributed by atoms with Crippen LogP contribution in [0.3, 0.4) is 0 Å². The number of aryl methyl sites for hydroxylation is 2. The van der Waals surface area contributed by atoms with Crippen LogP contribution < -0.4 is 0 Å². The van der Waals surface area contributed by atoms with Crippen molar-refractivity contribution < 1.29 is 4.79 Å². The lowest BCUT2D eigenvalue weighted by atomic mass is 10.1. The SMILES string of the molecule is Cc1nn(C)cc1CC(=O)c1nc2ccccc2s1. The fourth-order valence-electron chi connectivity index (χ4n) is 2.06. The number of Topliss-reactive ketones (excluding diaryl/α,β-unsaturated/α-hetero) is 1. The lowest BCUT2D eigenvalue weighted by Crippen LogP contribution is -2.03. The highest BCUT2D eigenvalue weighted by Gasteiger charge is 2.15. The van der Waals surface area contributed by atoms with Gasteiger partial charge in [-0.2, -0.15) is 5.10 Å². The van der Waals surface area contributed by atoms with E-state index in [0.29, 0.717) is 11.4 Å². The van der Waals surface area contributed by atoms with Gasteiger partial charge in [0.1, 0.15) is 0 Å². The average Bonchev–Trinajstić information content (AvgIpc) is 2.93. The van der Waals surface area contributed by atoms with Gasteiger partial charge in [-0.3, -0.25) is 9.48 Å². The average molecular weight is 271 g/mol. The molecule has 0 saturated heterocycles. The summed E-state index contributed by atoms with van der Waals surface area (Å²) in [6.45, 7) is 1.92. The first-order chi connectivity index (χ1) is 9.13. The van der Waals surface area contributed by atoms with Gasteiger partial charge in [0.2, 0.25) is 0 Å². The lowest BCUT2D eigenvalue weighted by Gasteiger charge is -1.94. The zero-order valence-corrected chi connectivity index (χ0v) is 11.6. The normalized spacial score (nSPS) is 11.1. The summed E-state index contributed by atoms with van der Waals surface area (Å²) in [5.41, 5.74) is 2.75. The highest BCUT2D eigenvalue weighted by Crippen LogP contribution is 2.23. The second-order valence-corrected chi connectivity index (χ2v) is 5.53. The van der Waals surface area contributed by atoms with Gasteiger partial charge in [0.05, 0.1) is 15.9 Å². The summed E-state index contributed by atoms with van der Waals surface area (Å²) in [4.78, 5) is 16.6. The van der Waals surface area contributed by atoms with Crippen LogP contribution in [0.5, 0.6) is 0 Å². The molecule has 2 aromatic heterocycles. The van der Waals surface area contributed by atoms with Crippen LogP contribution in [0.2, 0.25) is 0 Å². The summed E-state index contributed by atoms with van der Waals surface area (Å²) in [6.07, 6.45) is 2.25. The molecule has 96 valence electrons. The van der Waals surface area contributed by atoms with E-state index in [4.69, 9.17) is 0 Å². The summed E-state index contributed by atoms with van der Waals surface area (Å²) < 4.78 is 2.78. The van der Waals surface area contributed by atoms with Gasteiger partial charge in [-0.15, -0.1) is 11.3 Å². The Morgan fingerprint density at radius 3 is 2.84 bits per heavy atom. The van der Waals surface area contributed by atoms with Crippen LogP contribution in [0.1, 0.15) is 21.1 Å². The number of nitrogens with zero attached hydrogens (tertiary/aromatic N) is 3. The van der Waals surface area contributed by atoms with Gasteiger partial charge in [-0.25, -0.2) is 4.98 Å². The number of hydrogen-bond donors (Lipinski definition) is 0. The number of carbonyl (C=O) groups excluding carboxylic acids is 1. The monoisotopic (exact) mass is 271 g/mol. The Morgan fingerprint density at radius 1 is 1.37 bits per heavy atom. The number of rotatable bonds is 3. The van der Waals surface area contributed by atoms with Crippen LogP contribution in [0.4, 0.5) is 0 Å². The molecule has 0 aliphatic rings. The summed E-state index contributed by atoms with van der Waals surface area (Å²) in [7, 11) is 1.86. The van der Waals surface area contributed by atoms with E-state index < -0.39 is 0 Å². The molecule has 4 nitrogen and oxygen atoms in total. The minimum Gasteiger partial charge on any atom is -0.291 e. The van der Waals surface area contributed by atoms with Crippen molar-refractivity contribution in [3.63, 3.8) is 0 Å². The number of carbonyl (C=O) groups is 1. The van der Waals surface area contributed by atoms with Crippen LogP contribution in [0.25, 0.3) is 10.2 Å². The quantitative estimate of drug-likeness (QED) is 0.688. The van der Waals surface area contributed by atoms with Crippen molar-refractivity contribution in [1.29, 1.82) is 0 Å². The Balaban J connectivity index is 1.89. The fraction of sp³-hybridized carbons (Fsp3) is 0.214. The highest BCUT2D eigenvalue weighted by atomic mass is 32.1. The number of para-hydroxylation sites is 1. The third-order valence-corrected chi connectivity index (χ3v) is 4.08. The van der Waals surface area contributed by atoms with Crippen LogP contribution >= 0.6 is 11.3 Å². The molecule has 2 heterocycles. The minimum atomic E-state index is 0.0531. The molecular weight excluding hydrogens is 258 g/mol. The lowest BCUT2D eigenvalue weighted by molar-refractivity contribution is 0.0992.